The molecule has 0 radical (unpaired) electrons. The van der Waals surface area contributed by atoms with Crippen LogP contribution in [0.3, 0.4) is 0 Å². The Morgan fingerprint density at radius 1 is 1.19 bits per heavy atom. The lowest BCUT2D eigenvalue weighted by Gasteiger charge is -2.17. The van der Waals surface area contributed by atoms with Gasteiger partial charge >= 0.3 is 5.97 Å². The summed E-state index contributed by atoms with van der Waals surface area (Å²) in [6.07, 6.45) is 2.50. The number of hydrogen-bond donors (Lipinski definition) is 1. The molecule has 0 spiro atoms. The van der Waals surface area contributed by atoms with Crippen molar-refractivity contribution in [1.82, 2.24) is 0 Å². The van der Waals surface area contributed by atoms with E-state index in [0.717, 1.165) is 4.90 Å². The van der Waals surface area contributed by atoms with Crippen LogP contribution in [0.15, 0.2) is 35.4 Å². The Bertz CT molecular complexity index is 682. The first-order chi connectivity index (χ1) is 10.0. The van der Waals surface area contributed by atoms with Crippen molar-refractivity contribution < 1.29 is 19.5 Å². The number of carbonyl (C=O) groups is 3. The number of carboxylic acid groups (broad SMARTS) is 1. The SMILES string of the molecule is O=C(O)c1ccccc1N1C(=O)[C@H]2CC(Cl)=CC[C@H]2C1=O. The molecule has 2 aliphatic rings. The van der Waals surface area contributed by atoms with Crippen molar-refractivity contribution in [2.24, 2.45) is 11.8 Å². The van der Waals surface area contributed by atoms with E-state index in [-0.39, 0.29) is 23.1 Å². The molecule has 108 valence electrons. The monoisotopic (exact) mass is 305 g/mol. The maximum absolute atomic E-state index is 12.5. The van der Waals surface area contributed by atoms with Crippen molar-refractivity contribution in [1.29, 1.82) is 0 Å². The topological polar surface area (TPSA) is 74.7 Å². The zero-order valence-corrected chi connectivity index (χ0v) is 11.7. The van der Waals surface area contributed by atoms with Crippen LogP contribution < -0.4 is 4.90 Å². The van der Waals surface area contributed by atoms with E-state index >= 15 is 0 Å². The fourth-order valence-corrected chi connectivity index (χ4v) is 3.17. The van der Waals surface area contributed by atoms with E-state index in [4.69, 9.17) is 11.6 Å². The van der Waals surface area contributed by atoms with Crippen LogP contribution in [-0.4, -0.2) is 22.9 Å². The third kappa shape index (κ3) is 2.14. The van der Waals surface area contributed by atoms with Gasteiger partial charge in [-0.2, -0.15) is 0 Å². The summed E-state index contributed by atoms with van der Waals surface area (Å²) in [6, 6.07) is 6.02. The summed E-state index contributed by atoms with van der Waals surface area (Å²) in [7, 11) is 0. The van der Waals surface area contributed by atoms with Gasteiger partial charge in [-0.15, -0.1) is 0 Å². The molecular weight excluding hydrogens is 294 g/mol. The smallest absolute Gasteiger partial charge is 0.337 e. The van der Waals surface area contributed by atoms with Crippen LogP contribution in [0.4, 0.5) is 5.69 Å². The lowest BCUT2D eigenvalue weighted by Crippen LogP contribution is -2.32. The lowest BCUT2D eigenvalue weighted by molar-refractivity contribution is -0.122. The second kappa shape index (κ2) is 5.00. The van der Waals surface area contributed by atoms with Crippen LogP contribution >= 0.6 is 11.6 Å². The second-order valence-corrected chi connectivity index (χ2v) is 5.62. The molecule has 2 amide bonds. The number of hydrogen-bond acceptors (Lipinski definition) is 3. The number of imide groups is 1. The molecule has 1 aromatic rings. The number of aromatic carboxylic acids is 1. The highest BCUT2D eigenvalue weighted by molar-refractivity contribution is 6.31. The number of allylic oxidation sites excluding steroid dienone is 2. The molecule has 1 saturated heterocycles. The fourth-order valence-electron chi connectivity index (χ4n) is 2.91. The Morgan fingerprint density at radius 3 is 2.57 bits per heavy atom. The quantitative estimate of drug-likeness (QED) is 0.851. The molecule has 6 heteroatoms. The number of rotatable bonds is 2. The van der Waals surface area contributed by atoms with Crippen LogP contribution in [0.5, 0.6) is 0 Å². The summed E-state index contributed by atoms with van der Waals surface area (Å²) in [5, 5.41) is 9.79. The van der Waals surface area contributed by atoms with Crippen molar-refractivity contribution in [3.05, 3.63) is 40.9 Å². The highest BCUT2D eigenvalue weighted by atomic mass is 35.5. The van der Waals surface area contributed by atoms with Gasteiger partial charge in [0.05, 0.1) is 23.1 Å². The summed E-state index contributed by atoms with van der Waals surface area (Å²) in [4.78, 5) is 37.2. The van der Waals surface area contributed by atoms with Crippen LogP contribution in [-0.2, 0) is 9.59 Å². The molecule has 1 heterocycles. The van der Waals surface area contributed by atoms with E-state index in [9.17, 15) is 19.5 Å². The molecule has 0 saturated carbocycles. The van der Waals surface area contributed by atoms with Gasteiger partial charge in [0.1, 0.15) is 0 Å². The molecule has 0 unspecified atom stereocenters. The molecule has 21 heavy (non-hydrogen) atoms. The minimum absolute atomic E-state index is 0.0584. The van der Waals surface area contributed by atoms with E-state index < -0.39 is 17.8 Å². The molecule has 5 nitrogen and oxygen atoms in total. The van der Waals surface area contributed by atoms with Gasteiger partial charge in [0, 0.05) is 5.03 Å². The number of carboxylic acids is 1. The van der Waals surface area contributed by atoms with Gasteiger partial charge in [-0.3, -0.25) is 9.59 Å². The number of anilines is 1. The molecular formula is C15H12ClNO4. The van der Waals surface area contributed by atoms with Crippen LogP contribution in [0, 0.1) is 11.8 Å². The molecule has 3 rings (SSSR count). The Kier molecular flexibility index (Phi) is 3.29. The van der Waals surface area contributed by atoms with Gasteiger partial charge in [0.25, 0.3) is 0 Å². The Balaban J connectivity index is 2.04. The molecule has 1 aromatic carbocycles. The average Bonchev–Trinajstić information content (AvgIpc) is 2.70. The predicted octanol–water partition coefficient (Wildman–Crippen LogP) is 2.41. The average molecular weight is 306 g/mol. The van der Waals surface area contributed by atoms with Crippen molar-refractivity contribution in [2.75, 3.05) is 4.90 Å². The molecule has 1 fully saturated rings. The fraction of sp³-hybridized carbons (Fsp3) is 0.267. The maximum Gasteiger partial charge on any atom is 0.337 e. The van der Waals surface area contributed by atoms with E-state index in [0.29, 0.717) is 17.9 Å². The number of fused-ring (bicyclic) bond motifs is 1. The first-order valence-electron chi connectivity index (χ1n) is 6.55. The third-order valence-corrected chi connectivity index (χ3v) is 4.25. The zero-order chi connectivity index (χ0) is 15.1. The molecule has 0 bridgehead atoms. The Morgan fingerprint density at radius 2 is 1.86 bits per heavy atom. The van der Waals surface area contributed by atoms with E-state index in [1.807, 2.05) is 0 Å². The highest BCUT2D eigenvalue weighted by Crippen LogP contribution is 2.41. The van der Waals surface area contributed by atoms with Gasteiger partial charge in [0.15, 0.2) is 0 Å². The standard InChI is InChI=1S/C15H12ClNO4/c16-8-5-6-9-11(7-8)14(19)17(13(9)18)12-4-2-1-3-10(12)15(20)21/h1-5,9,11H,6-7H2,(H,20,21)/t9-,11+/m1/s1. The summed E-state index contributed by atoms with van der Waals surface area (Å²) >= 11 is 5.96. The number of para-hydroxylation sites is 1. The van der Waals surface area contributed by atoms with Crippen LogP contribution in [0.2, 0.25) is 0 Å². The minimum atomic E-state index is -1.17. The van der Waals surface area contributed by atoms with Gasteiger partial charge in [0.2, 0.25) is 11.8 Å². The molecule has 1 aliphatic carbocycles. The number of halogens is 1. The highest BCUT2D eigenvalue weighted by Gasteiger charge is 2.49. The normalized spacial score (nSPS) is 24.8. The van der Waals surface area contributed by atoms with Gasteiger partial charge < -0.3 is 5.11 Å². The number of benzene rings is 1. The molecule has 1 N–H and O–H groups in total. The number of carbonyl (C=O) groups excluding carboxylic acids is 2. The van der Waals surface area contributed by atoms with E-state index in [1.165, 1.54) is 12.1 Å². The maximum atomic E-state index is 12.5. The predicted molar refractivity (Wildman–Crippen MR) is 76.0 cm³/mol. The minimum Gasteiger partial charge on any atom is -0.478 e. The summed E-state index contributed by atoms with van der Waals surface area (Å²) in [5.74, 6) is -2.82. The van der Waals surface area contributed by atoms with E-state index in [2.05, 4.69) is 0 Å². The Hall–Kier alpha value is -2.14. The van der Waals surface area contributed by atoms with E-state index in [1.54, 1.807) is 18.2 Å². The number of nitrogens with zero attached hydrogens (tertiary/aromatic N) is 1. The zero-order valence-electron chi connectivity index (χ0n) is 11.0. The van der Waals surface area contributed by atoms with Crippen molar-refractivity contribution in [2.45, 2.75) is 12.8 Å². The lowest BCUT2D eigenvalue weighted by atomic mass is 9.85. The summed E-state index contributed by atoms with van der Waals surface area (Å²) < 4.78 is 0. The number of amides is 2. The van der Waals surface area contributed by atoms with Gasteiger partial charge in [-0.25, -0.2) is 9.69 Å². The summed E-state index contributed by atoms with van der Waals surface area (Å²) in [5.41, 5.74) is 0.0717. The van der Waals surface area contributed by atoms with Crippen molar-refractivity contribution in [3.8, 4) is 0 Å². The molecule has 0 aromatic heterocycles. The Labute approximate surface area is 125 Å². The first-order valence-corrected chi connectivity index (χ1v) is 6.93. The largest absolute Gasteiger partial charge is 0.478 e. The summed E-state index contributed by atoms with van der Waals surface area (Å²) in [6.45, 7) is 0. The van der Waals surface area contributed by atoms with Crippen molar-refractivity contribution in [3.63, 3.8) is 0 Å². The first kappa shape index (κ1) is 13.8. The van der Waals surface area contributed by atoms with Crippen LogP contribution in [0.25, 0.3) is 0 Å². The second-order valence-electron chi connectivity index (χ2n) is 5.14. The van der Waals surface area contributed by atoms with Crippen LogP contribution in [0.1, 0.15) is 23.2 Å². The van der Waals surface area contributed by atoms with Crippen molar-refractivity contribution >= 4 is 35.1 Å². The molecule has 2 atom stereocenters. The van der Waals surface area contributed by atoms with Gasteiger partial charge in [-0.05, 0) is 25.0 Å². The third-order valence-electron chi connectivity index (χ3n) is 3.94. The molecule has 1 aliphatic heterocycles. The van der Waals surface area contributed by atoms with Gasteiger partial charge in [-0.1, -0.05) is 29.8 Å².